The van der Waals surface area contributed by atoms with Gasteiger partial charge in [-0.3, -0.25) is 4.79 Å². The second kappa shape index (κ2) is 6.12. The summed E-state index contributed by atoms with van der Waals surface area (Å²) in [6.45, 7) is 3.49. The number of hydrogen-bond acceptors (Lipinski definition) is 4. The number of carbonyl (C=O) groups is 2. The Labute approximate surface area is 138 Å². The first kappa shape index (κ1) is 15.7. The normalized spacial score (nSPS) is 15.2. The summed E-state index contributed by atoms with van der Waals surface area (Å²) in [7, 11) is 0. The van der Waals surface area contributed by atoms with Crippen LogP contribution in [0.25, 0.3) is 10.6 Å². The molecule has 120 valence electrons. The van der Waals surface area contributed by atoms with Gasteiger partial charge in [-0.25, -0.2) is 9.78 Å². The van der Waals surface area contributed by atoms with Gasteiger partial charge in [0.25, 0.3) is 5.91 Å². The van der Waals surface area contributed by atoms with Crippen molar-refractivity contribution in [3.05, 3.63) is 40.9 Å². The number of hydrogen-bond donors (Lipinski definition) is 1. The first-order chi connectivity index (χ1) is 11.0. The van der Waals surface area contributed by atoms with Gasteiger partial charge in [0.2, 0.25) is 0 Å². The molecule has 1 aromatic carbocycles. The van der Waals surface area contributed by atoms with Crippen molar-refractivity contribution in [1.82, 2.24) is 9.88 Å². The van der Waals surface area contributed by atoms with E-state index in [1.807, 2.05) is 24.4 Å². The molecule has 1 saturated carbocycles. The highest BCUT2D eigenvalue weighted by Crippen LogP contribution is 2.31. The molecule has 0 bridgehead atoms. The molecule has 1 heterocycles. The number of aromatic nitrogens is 1. The van der Waals surface area contributed by atoms with Crippen LogP contribution in [0.3, 0.4) is 0 Å². The largest absolute Gasteiger partial charge is 0.480 e. The van der Waals surface area contributed by atoms with Crippen molar-refractivity contribution in [3.63, 3.8) is 0 Å². The third kappa shape index (κ3) is 3.27. The lowest BCUT2D eigenvalue weighted by atomic mass is 10.1. The predicted octanol–water partition coefficient (Wildman–Crippen LogP) is 3.20. The van der Waals surface area contributed by atoms with Crippen molar-refractivity contribution >= 4 is 23.2 Å². The Morgan fingerprint density at radius 1 is 1.39 bits per heavy atom. The number of aryl methyl sites for hydroxylation is 1. The van der Waals surface area contributed by atoms with Crippen LogP contribution in [0, 0.1) is 6.92 Å². The number of benzene rings is 1. The molecule has 2 aromatic rings. The van der Waals surface area contributed by atoms with E-state index in [9.17, 15) is 14.7 Å². The highest BCUT2D eigenvalue weighted by atomic mass is 32.1. The fourth-order valence-electron chi connectivity index (χ4n) is 2.55. The van der Waals surface area contributed by atoms with Gasteiger partial charge in [0.1, 0.15) is 11.0 Å². The number of nitrogens with zero attached hydrogens (tertiary/aromatic N) is 2. The summed E-state index contributed by atoms with van der Waals surface area (Å²) >= 11 is 1.53. The molecule has 23 heavy (non-hydrogen) atoms. The maximum atomic E-state index is 12.8. The first-order valence-electron chi connectivity index (χ1n) is 7.55. The number of rotatable bonds is 5. The topological polar surface area (TPSA) is 70.5 Å². The Hall–Kier alpha value is -2.21. The molecule has 1 aliphatic rings. The minimum Gasteiger partial charge on any atom is -0.480 e. The number of carboxylic acids is 1. The van der Waals surface area contributed by atoms with Crippen LogP contribution in [0.5, 0.6) is 0 Å². The Morgan fingerprint density at radius 3 is 2.70 bits per heavy atom. The highest BCUT2D eigenvalue weighted by molar-refractivity contribution is 7.13. The van der Waals surface area contributed by atoms with Gasteiger partial charge >= 0.3 is 5.97 Å². The molecule has 5 nitrogen and oxygen atoms in total. The van der Waals surface area contributed by atoms with E-state index in [-0.39, 0.29) is 11.9 Å². The van der Waals surface area contributed by atoms with E-state index in [0.717, 1.165) is 29.1 Å². The van der Waals surface area contributed by atoms with Crippen LogP contribution in [-0.2, 0) is 4.79 Å². The molecular weight excluding hydrogens is 312 g/mol. The number of amides is 1. The van der Waals surface area contributed by atoms with Gasteiger partial charge in [-0.2, -0.15) is 0 Å². The van der Waals surface area contributed by atoms with Gasteiger partial charge in [0, 0.05) is 28.2 Å². The number of carboxylic acid groups (broad SMARTS) is 1. The molecular formula is C17H18N2O3S. The summed E-state index contributed by atoms with van der Waals surface area (Å²) in [4.78, 5) is 30.0. The number of thiazole rings is 1. The summed E-state index contributed by atoms with van der Waals surface area (Å²) in [6, 6.07) is 6.48. The number of aliphatic carboxylic acids is 1. The van der Waals surface area contributed by atoms with Crippen LogP contribution in [0.1, 0.15) is 35.8 Å². The van der Waals surface area contributed by atoms with Crippen LogP contribution < -0.4 is 0 Å². The van der Waals surface area contributed by atoms with Crippen molar-refractivity contribution in [2.24, 2.45) is 0 Å². The van der Waals surface area contributed by atoms with E-state index in [2.05, 4.69) is 4.98 Å². The maximum absolute atomic E-state index is 12.8. The standard InChI is InChI=1S/C17H18N2O3S/c1-10-9-23-15(18-10)12-4-3-5-13(8-12)16(20)19(14-6-7-14)11(2)17(21)22/h3-5,8-9,11,14H,6-7H2,1-2H3,(H,21,22). The Balaban J connectivity index is 1.91. The monoisotopic (exact) mass is 330 g/mol. The smallest absolute Gasteiger partial charge is 0.326 e. The molecule has 0 aliphatic heterocycles. The van der Waals surface area contributed by atoms with Gasteiger partial charge in [-0.1, -0.05) is 12.1 Å². The van der Waals surface area contributed by atoms with Crippen molar-refractivity contribution in [2.45, 2.75) is 38.8 Å². The molecule has 1 atom stereocenters. The van der Waals surface area contributed by atoms with E-state index in [1.165, 1.54) is 16.2 Å². The van der Waals surface area contributed by atoms with Crippen molar-refractivity contribution in [3.8, 4) is 10.6 Å². The fourth-order valence-corrected chi connectivity index (χ4v) is 3.35. The maximum Gasteiger partial charge on any atom is 0.326 e. The first-order valence-corrected chi connectivity index (χ1v) is 8.43. The summed E-state index contributed by atoms with van der Waals surface area (Å²) in [5.41, 5.74) is 2.34. The molecule has 3 rings (SSSR count). The van der Waals surface area contributed by atoms with E-state index in [0.29, 0.717) is 5.56 Å². The molecule has 1 amide bonds. The molecule has 1 unspecified atom stereocenters. The average Bonchev–Trinajstić information content (AvgIpc) is 3.27. The third-order valence-electron chi connectivity index (χ3n) is 3.92. The van der Waals surface area contributed by atoms with Crippen LogP contribution in [0.2, 0.25) is 0 Å². The van der Waals surface area contributed by atoms with Crippen molar-refractivity contribution in [2.75, 3.05) is 0 Å². The van der Waals surface area contributed by atoms with Crippen LogP contribution in [0.4, 0.5) is 0 Å². The van der Waals surface area contributed by atoms with Gasteiger partial charge in [-0.05, 0) is 38.8 Å². The van der Waals surface area contributed by atoms with E-state index in [1.54, 1.807) is 19.1 Å². The molecule has 1 N–H and O–H groups in total. The molecule has 0 spiro atoms. The zero-order valence-electron chi connectivity index (χ0n) is 13.0. The molecule has 0 radical (unpaired) electrons. The minimum atomic E-state index is -0.975. The highest BCUT2D eigenvalue weighted by Gasteiger charge is 2.38. The van der Waals surface area contributed by atoms with E-state index >= 15 is 0 Å². The second-order valence-electron chi connectivity index (χ2n) is 5.83. The van der Waals surface area contributed by atoms with Gasteiger partial charge in [0.15, 0.2) is 0 Å². The summed E-state index contributed by atoms with van der Waals surface area (Å²) in [6.07, 6.45) is 1.74. The summed E-state index contributed by atoms with van der Waals surface area (Å²) in [5, 5.41) is 12.1. The van der Waals surface area contributed by atoms with Gasteiger partial charge in [-0.15, -0.1) is 11.3 Å². The fraction of sp³-hybridized carbons (Fsp3) is 0.353. The van der Waals surface area contributed by atoms with Crippen LogP contribution in [-0.4, -0.2) is 39.0 Å². The molecule has 1 aromatic heterocycles. The summed E-state index contributed by atoms with van der Waals surface area (Å²) in [5.74, 6) is -1.20. The third-order valence-corrected chi connectivity index (χ3v) is 4.93. The Morgan fingerprint density at radius 2 is 2.13 bits per heavy atom. The quantitative estimate of drug-likeness (QED) is 0.914. The van der Waals surface area contributed by atoms with Crippen molar-refractivity contribution < 1.29 is 14.7 Å². The van der Waals surface area contributed by atoms with Crippen LogP contribution >= 0.6 is 11.3 Å². The second-order valence-corrected chi connectivity index (χ2v) is 6.69. The molecule has 6 heteroatoms. The zero-order valence-corrected chi connectivity index (χ0v) is 13.8. The SMILES string of the molecule is Cc1csc(-c2cccc(C(=O)N(C3CC3)C(C)C(=O)O)c2)n1. The van der Waals surface area contributed by atoms with Gasteiger partial charge < -0.3 is 10.0 Å². The lowest BCUT2D eigenvalue weighted by Gasteiger charge is -2.26. The minimum absolute atomic E-state index is 0.0411. The zero-order chi connectivity index (χ0) is 16.6. The number of carbonyl (C=O) groups excluding carboxylic acids is 1. The lowest BCUT2D eigenvalue weighted by Crippen LogP contribution is -2.44. The molecule has 0 saturated heterocycles. The van der Waals surface area contributed by atoms with E-state index < -0.39 is 12.0 Å². The lowest BCUT2D eigenvalue weighted by molar-refractivity contribution is -0.141. The Bertz CT molecular complexity index is 752. The summed E-state index contributed by atoms with van der Waals surface area (Å²) < 4.78 is 0. The molecule has 1 fully saturated rings. The van der Waals surface area contributed by atoms with Crippen LogP contribution in [0.15, 0.2) is 29.6 Å². The van der Waals surface area contributed by atoms with E-state index in [4.69, 9.17) is 0 Å². The Kier molecular flexibility index (Phi) is 4.17. The molecule has 1 aliphatic carbocycles. The van der Waals surface area contributed by atoms with Gasteiger partial charge in [0.05, 0.1) is 0 Å². The average molecular weight is 330 g/mol. The predicted molar refractivity (Wildman–Crippen MR) is 88.6 cm³/mol. The van der Waals surface area contributed by atoms with Crippen molar-refractivity contribution in [1.29, 1.82) is 0 Å².